The molecule has 0 radical (unpaired) electrons. The van der Waals surface area contributed by atoms with E-state index in [4.69, 9.17) is 21.1 Å². The first-order chi connectivity index (χ1) is 13.6. The van der Waals surface area contributed by atoms with Crippen molar-refractivity contribution in [3.05, 3.63) is 71.0 Å². The van der Waals surface area contributed by atoms with E-state index >= 15 is 0 Å². The van der Waals surface area contributed by atoms with Crippen molar-refractivity contribution in [1.82, 2.24) is 15.3 Å². The zero-order valence-corrected chi connectivity index (χ0v) is 16.2. The highest BCUT2D eigenvalue weighted by molar-refractivity contribution is 6.30. The van der Waals surface area contributed by atoms with Gasteiger partial charge in [0.25, 0.3) is 5.91 Å². The minimum atomic E-state index is -0.263. The van der Waals surface area contributed by atoms with Crippen molar-refractivity contribution >= 4 is 29.1 Å². The second-order valence-corrected chi connectivity index (χ2v) is 6.23. The first kappa shape index (κ1) is 19.4. The number of anilines is 2. The van der Waals surface area contributed by atoms with E-state index in [-0.39, 0.29) is 5.91 Å². The highest BCUT2D eigenvalue weighted by atomic mass is 35.5. The van der Waals surface area contributed by atoms with Gasteiger partial charge in [-0.15, -0.1) is 0 Å². The zero-order chi connectivity index (χ0) is 19.9. The number of carbonyl (C=O) groups is 1. The number of ether oxygens (including phenoxy) is 2. The molecule has 2 aromatic carbocycles. The third-order valence-corrected chi connectivity index (χ3v) is 4.19. The maximum absolute atomic E-state index is 12.3. The molecule has 0 bridgehead atoms. The lowest BCUT2D eigenvalue weighted by atomic mass is 10.2. The van der Waals surface area contributed by atoms with Crippen molar-refractivity contribution in [1.29, 1.82) is 0 Å². The van der Waals surface area contributed by atoms with Crippen LogP contribution < -0.4 is 20.1 Å². The standard InChI is InChI=1S/C20H19ClN4O3/c1-27-16-7-8-18(28-2)17(9-16)25-20-23-11-14(12-24-20)19(26)22-10-13-3-5-15(21)6-4-13/h3-9,11-12H,10H2,1-2H3,(H,22,26)(H,23,24,25). The fraction of sp³-hybridized carbons (Fsp3) is 0.150. The van der Waals surface area contributed by atoms with Crippen molar-refractivity contribution < 1.29 is 14.3 Å². The summed E-state index contributed by atoms with van der Waals surface area (Å²) < 4.78 is 10.5. The van der Waals surface area contributed by atoms with Crippen molar-refractivity contribution in [2.75, 3.05) is 19.5 Å². The molecular weight excluding hydrogens is 380 g/mol. The summed E-state index contributed by atoms with van der Waals surface area (Å²) in [7, 11) is 3.15. The van der Waals surface area contributed by atoms with Crippen molar-refractivity contribution in [3.8, 4) is 11.5 Å². The average Bonchev–Trinajstić information content (AvgIpc) is 2.73. The van der Waals surface area contributed by atoms with Crippen LogP contribution in [0.5, 0.6) is 11.5 Å². The molecule has 3 rings (SSSR count). The molecule has 0 atom stereocenters. The molecule has 3 aromatic rings. The molecule has 0 unspecified atom stereocenters. The van der Waals surface area contributed by atoms with Crippen LogP contribution in [0.2, 0.25) is 5.02 Å². The third kappa shape index (κ3) is 4.89. The van der Waals surface area contributed by atoms with E-state index in [0.29, 0.717) is 40.3 Å². The summed E-state index contributed by atoms with van der Waals surface area (Å²) in [4.78, 5) is 20.7. The maximum Gasteiger partial charge on any atom is 0.254 e. The summed E-state index contributed by atoms with van der Waals surface area (Å²) in [6.45, 7) is 0.386. The molecular formula is C20H19ClN4O3. The first-order valence-electron chi connectivity index (χ1n) is 8.43. The second-order valence-electron chi connectivity index (χ2n) is 5.80. The van der Waals surface area contributed by atoms with Crippen molar-refractivity contribution in [2.24, 2.45) is 0 Å². The summed E-state index contributed by atoms with van der Waals surface area (Å²) >= 11 is 5.85. The molecule has 1 amide bonds. The topological polar surface area (TPSA) is 85.4 Å². The van der Waals surface area contributed by atoms with E-state index in [0.717, 1.165) is 5.56 Å². The Morgan fingerprint density at radius 3 is 2.39 bits per heavy atom. The van der Waals surface area contributed by atoms with Gasteiger partial charge in [0.15, 0.2) is 0 Å². The van der Waals surface area contributed by atoms with Crippen LogP contribution in [0.4, 0.5) is 11.6 Å². The maximum atomic E-state index is 12.3. The number of rotatable bonds is 7. The van der Waals surface area contributed by atoms with E-state index in [1.165, 1.54) is 12.4 Å². The van der Waals surface area contributed by atoms with Crippen LogP contribution in [0, 0.1) is 0 Å². The fourth-order valence-electron chi connectivity index (χ4n) is 2.43. The third-order valence-electron chi connectivity index (χ3n) is 3.93. The van der Waals surface area contributed by atoms with E-state index in [1.54, 1.807) is 44.6 Å². The smallest absolute Gasteiger partial charge is 0.254 e. The van der Waals surface area contributed by atoms with Gasteiger partial charge in [0, 0.05) is 30.0 Å². The quantitative estimate of drug-likeness (QED) is 0.629. The number of carbonyl (C=O) groups excluding carboxylic acids is 1. The molecule has 8 heteroatoms. The lowest BCUT2D eigenvalue weighted by molar-refractivity contribution is 0.0950. The lowest BCUT2D eigenvalue weighted by Gasteiger charge is -2.11. The Hall–Kier alpha value is -3.32. The van der Waals surface area contributed by atoms with Gasteiger partial charge < -0.3 is 20.1 Å². The molecule has 7 nitrogen and oxygen atoms in total. The highest BCUT2D eigenvalue weighted by Crippen LogP contribution is 2.30. The van der Waals surface area contributed by atoms with Crippen LogP contribution >= 0.6 is 11.6 Å². The van der Waals surface area contributed by atoms with Crippen molar-refractivity contribution in [3.63, 3.8) is 0 Å². The average molecular weight is 399 g/mol. The SMILES string of the molecule is COc1ccc(OC)c(Nc2ncc(C(=O)NCc3ccc(Cl)cc3)cn2)c1. The zero-order valence-electron chi connectivity index (χ0n) is 15.4. The molecule has 1 aromatic heterocycles. The monoisotopic (exact) mass is 398 g/mol. The Balaban J connectivity index is 1.64. The van der Waals surface area contributed by atoms with Gasteiger partial charge in [-0.3, -0.25) is 4.79 Å². The molecule has 144 valence electrons. The van der Waals surface area contributed by atoms with Gasteiger partial charge in [-0.2, -0.15) is 0 Å². The van der Waals surface area contributed by atoms with E-state index in [1.807, 2.05) is 12.1 Å². The Morgan fingerprint density at radius 1 is 1.04 bits per heavy atom. The summed E-state index contributed by atoms with van der Waals surface area (Å²) in [6.07, 6.45) is 2.92. The van der Waals surface area contributed by atoms with E-state index < -0.39 is 0 Å². The number of halogens is 1. The van der Waals surface area contributed by atoms with Crippen molar-refractivity contribution in [2.45, 2.75) is 6.54 Å². The number of nitrogens with one attached hydrogen (secondary N) is 2. The van der Waals surface area contributed by atoms with Crippen LogP contribution in [-0.4, -0.2) is 30.1 Å². The van der Waals surface area contributed by atoms with Crippen LogP contribution in [0.25, 0.3) is 0 Å². The van der Waals surface area contributed by atoms with Gasteiger partial charge >= 0.3 is 0 Å². The summed E-state index contributed by atoms with van der Waals surface area (Å²) in [5.74, 6) is 1.36. The van der Waals surface area contributed by atoms with E-state index in [2.05, 4.69) is 20.6 Å². The van der Waals surface area contributed by atoms with E-state index in [9.17, 15) is 4.79 Å². The largest absolute Gasteiger partial charge is 0.497 e. The molecule has 0 saturated heterocycles. The summed E-state index contributed by atoms with van der Waals surface area (Å²) in [6, 6.07) is 12.6. The van der Waals surface area contributed by atoms with Crippen LogP contribution in [0.3, 0.4) is 0 Å². The first-order valence-corrected chi connectivity index (χ1v) is 8.80. The van der Waals surface area contributed by atoms with Gasteiger partial charge in [0.2, 0.25) is 5.95 Å². The number of methoxy groups -OCH3 is 2. The normalized spacial score (nSPS) is 10.2. The van der Waals surface area contributed by atoms with Gasteiger partial charge in [0.05, 0.1) is 25.5 Å². The number of amides is 1. The Morgan fingerprint density at radius 2 is 1.75 bits per heavy atom. The lowest BCUT2D eigenvalue weighted by Crippen LogP contribution is -2.23. The van der Waals surface area contributed by atoms with Gasteiger partial charge in [-0.05, 0) is 29.8 Å². The molecule has 0 saturated carbocycles. The Kier molecular flexibility index (Phi) is 6.29. The number of benzene rings is 2. The van der Waals surface area contributed by atoms with Crippen LogP contribution in [-0.2, 0) is 6.54 Å². The summed E-state index contributed by atoms with van der Waals surface area (Å²) in [5, 5.41) is 6.53. The predicted octanol–water partition coefficient (Wildman–Crippen LogP) is 3.82. The molecule has 0 aliphatic heterocycles. The fourth-order valence-corrected chi connectivity index (χ4v) is 2.55. The molecule has 1 heterocycles. The molecule has 2 N–H and O–H groups in total. The Bertz CT molecular complexity index is 947. The number of hydrogen-bond donors (Lipinski definition) is 2. The molecule has 0 aliphatic rings. The number of aromatic nitrogens is 2. The molecule has 0 fully saturated rings. The Labute approximate surface area is 167 Å². The number of hydrogen-bond acceptors (Lipinski definition) is 6. The highest BCUT2D eigenvalue weighted by Gasteiger charge is 2.10. The van der Waals surface area contributed by atoms with Gasteiger partial charge in [-0.25, -0.2) is 9.97 Å². The predicted molar refractivity (Wildman–Crippen MR) is 107 cm³/mol. The second kappa shape index (κ2) is 9.05. The molecule has 0 aliphatic carbocycles. The number of nitrogens with zero attached hydrogens (tertiary/aromatic N) is 2. The van der Waals surface area contributed by atoms with Crippen LogP contribution in [0.15, 0.2) is 54.9 Å². The minimum Gasteiger partial charge on any atom is -0.497 e. The van der Waals surface area contributed by atoms with Gasteiger partial charge in [-0.1, -0.05) is 23.7 Å². The summed E-state index contributed by atoms with van der Waals surface area (Å²) in [5.41, 5.74) is 1.96. The van der Waals surface area contributed by atoms with Crippen LogP contribution in [0.1, 0.15) is 15.9 Å². The van der Waals surface area contributed by atoms with Gasteiger partial charge in [0.1, 0.15) is 11.5 Å². The molecule has 28 heavy (non-hydrogen) atoms. The minimum absolute atomic E-state index is 0.263. The molecule has 0 spiro atoms.